The molecule has 1 aliphatic heterocycles. The minimum Gasteiger partial charge on any atom is -0.370 e. The average Bonchev–Trinajstić information content (AvgIpc) is 3.20. The third kappa shape index (κ3) is 3.53. The summed E-state index contributed by atoms with van der Waals surface area (Å²) in [7, 11) is 1.89. The number of nitrogens with zero attached hydrogens (tertiary/aromatic N) is 4. The van der Waals surface area contributed by atoms with Crippen molar-refractivity contribution >= 4 is 28.2 Å². The number of hydrogen-bond donors (Lipinski definition) is 0. The molecule has 1 saturated heterocycles. The molecular formula is C23H20ClFN4O. The second kappa shape index (κ2) is 7.70. The first-order valence-electron chi connectivity index (χ1n) is 9.79. The summed E-state index contributed by atoms with van der Waals surface area (Å²) in [6.07, 6.45) is 3.71. The van der Waals surface area contributed by atoms with Crippen molar-refractivity contribution in [1.29, 1.82) is 0 Å². The molecule has 5 rings (SSSR count). The highest BCUT2D eigenvalue weighted by atomic mass is 35.5. The minimum atomic E-state index is -0.382. The fraction of sp³-hybridized carbons (Fsp3) is 0.217. The fourth-order valence-corrected chi connectivity index (χ4v) is 4.06. The average molecular weight is 423 g/mol. The van der Waals surface area contributed by atoms with E-state index in [0.29, 0.717) is 36.0 Å². The molecule has 5 nitrogen and oxygen atoms in total. The number of aryl methyl sites for hydroxylation is 1. The zero-order valence-corrected chi connectivity index (χ0v) is 17.2. The van der Waals surface area contributed by atoms with Crippen molar-refractivity contribution in [2.75, 3.05) is 24.6 Å². The quantitative estimate of drug-likeness (QED) is 0.465. The third-order valence-corrected chi connectivity index (χ3v) is 5.64. The van der Waals surface area contributed by atoms with Gasteiger partial charge < -0.3 is 9.64 Å². The molecule has 2 aromatic heterocycles. The maximum absolute atomic E-state index is 14.8. The highest BCUT2D eigenvalue weighted by Crippen LogP contribution is 2.34. The Kier molecular flexibility index (Phi) is 4.89. The van der Waals surface area contributed by atoms with Crippen LogP contribution in [-0.4, -0.2) is 34.5 Å². The van der Waals surface area contributed by atoms with Gasteiger partial charge in [-0.3, -0.25) is 4.68 Å². The Morgan fingerprint density at radius 3 is 2.83 bits per heavy atom. The van der Waals surface area contributed by atoms with Gasteiger partial charge in [-0.2, -0.15) is 5.10 Å². The molecular weight excluding hydrogens is 403 g/mol. The highest BCUT2D eigenvalue weighted by molar-refractivity contribution is 6.30. The van der Waals surface area contributed by atoms with Crippen molar-refractivity contribution in [1.82, 2.24) is 14.8 Å². The normalized spacial score (nSPS) is 16.9. The number of hydrogen-bond acceptors (Lipinski definition) is 4. The third-order valence-electron chi connectivity index (χ3n) is 5.40. The first-order chi connectivity index (χ1) is 14.6. The number of morpholine rings is 1. The molecule has 4 aromatic rings. The van der Waals surface area contributed by atoms with Crippen molar-refractivity contribution in [2.45, 2.75) is 6.10 Å². The summed E-state index contributed by atoms with van der Waals surface area (Å²) in [5, 5.41) is 6.53. The SMILES string of the molecule is Cn1cc(C2CN(c3cc4ccccc4c(-c4ccc(Cl)cc4F)n3)CCO2)cn1. The number of halogens is 2. The zero-order chi connectivity index (χ0) is 20.7. The van der Waals surface area contributed by atoms with Crippen molar-refractivity contribution in [3.8, 4) is 11.3 Å². The molecule has 0 amide bonds. The van der Waals surface area contributed by atoms with Crippen LogP contribution in [0.1, 0.15) is 11.7 Å². The number of anilines is 1. The van der Waals surface area contributed by atoms with Gasteiger partial charge in [-0.1, -0.05) is 35.9 Å². The number of ether oxygens (including phenoxy) is 1. The Morgan fingerprint density at radius 2 is 2.03 bits per heavy atom. The second-order valence-electron chi connectivity index (χ2n) is 7.43. The highest BCUT2D eigenvalue weighted by Gasteiger charge is 2.25. The van der Waals surface area contributed by atoms with Crippen LogP contribution in [-0.2, 0) is 11.8 Å². The summed E-state index contributed by atoms with van der Waals surface area (Å²) in [5.41, 5.74) is 2.09. The van der Waals surface area contributed by atoms with E-state index in [1.54, 1.807) is 16.8 Å². The van der Waals surface area contributed by atoms with Gasteiger partial charge in [0.1, 0.15) is 17.7 Å². The molecule has 0 N–H and O–H groups in total. The van der Waals surface area contributed by atoms with E-state index in [-0.39, 0.29) is 11.9 Å². The van der Waals surface area contributed by atoms with E-state index in [2.05, 4.69) is 16.1 Å². The maximum atomic E-state index is 14.8. The van der Waals surface area contributed by atoms with E-state index in [9.17, 15) is 4.39 Å². The molecule has 0 spiro atoms. The summed E-state index contributed by atoms with van der Waals surface area (Å²) in [6, 6.07) is 14.7. The number of pyridine rings is 1. The Hall–Kier alpha value is -2.96. The van der Waals surface area contributed by atoms with Crippen molar-refractivity contribution in [2.24, 2.45) is 7.05 Å². The standard InChI is InChI=1S/C23H20ClFN4O/c1-28-13-16(12-26-28)21-14-29(8-9-30-21)22-10-15-4-2-3-5-18(15)23(27-22)19-7-6-17(24)11-20(19)25/h2-7,10-13,21H,8-9,14H2,1H3. The van der Waals surface area contributed by atoms with Gasteiger partial charge in [0.05, 0.1) is 18.5 Å². The van der Waals surface area contributed by atoms with E-state index in [1.165, 1.54) is 6.07 Å². The van der Waals surface area contributed by atoms with Crippen LogP contribution in [0.5, 0.6) is 0 Å². The summed E-state index contributed by atoms with van der Waals surface area (Å²) in [5.74, 6) is 0.419. The molecule has 0 radical (unpaired) electrons. The lowest BCUT2D eigenvalue weighted by molar-refractivity contribution is 0.0395. The predicted molar refractivity (Wildman–Crippen MR) is 116 cm³/mol. The molecule has 0 aliphatic carbocycles. The van der Waals surface area contributed by atoms with Crippen LogP contribution in [0.15, 0.2) is 60.9 Å². The largest absolute Gasteiger partial charge is 0.370 e. The lowest BCUT2D eigenvalue weighted by atomic mass is 10.0. The Balaban J connectivity index is 1.58. The van der Waals surface area contributed by atoms with Crippen LogP contribution in [0, 0.1) is 5.82 Å². The Labute approximate surface area is 178 Å². The molecule has 0 saturated carbocycles. The predicted octanol–water partition coefficient (Wildman–Crippen LogP) is 5.01. The first kappa shape index (κ1) is 19.0. The van der Waals surface area contributed by atoms with E-state index in [4.69, 9.17) is 21.3 Å². The molecule has 30 heavy (non-hydrogen) atoms. The summed E-state index contributed by atoms with van der Waals surface area (Å²) in [6.45, 7) is 1.95. The van der Waals surface area contributed by atoms with Gasteiger partial charge in [-0.05, 0) is 29.7 Å². The summed E-state index contributed by atoms with van der Waals surface area (Å²) in [4.78, 5) is 7.07. The molecule has 1 unspecified atom stereocenters. The Morgan fingerprint density at radius 1 is 1.17 bits per heavy atom. The van der Waals surface area contributed by atoms with Gasteiger partial charge in [0.2, 0.25) is 0 Å². The maximum Gasteiger partial charge on any atom is 0.134 e. The van der Waals surface area contributed by atoms with Gasteiger partial charge in [0, 0.05) is 47.9 Å². The molecule has 2 aromatic carbocycles. The molecule has 0 bridgehead atoms. The zero-order valence-electron chi connectivity index (χ0n) is 16.4. The van der Waals surface area contributed by atoms with Gasteiger partial charge >= 0.3 is 0 Å². The molecule has 152 valence electrons. The van der Waals surface area contributed by atoms with Crippen molar-refractivity contribution in [3.63, 3.8) is 0 Å². The van der Waals surface area contributed by atoms with Crippen LogP contribution in [0.2, 0.25) is 5.02 Å². The second-order valence-corrected chi connectivity index (χ2v) is 7.86. The first-order valence-corrected chi connectivity index (χ1v) is 10.2. The van der Waals surface area contributed by atoms with Crippen LogP contribution in [0.3, 0.4) is 0 Å². The van der Waals surface area contributed by atoms with E-state index >= 15 is 0 Å². The smallest absolute Gasteiger partial charge is 0.134 e. The lowest BCUT2D eigenvalue weighted by Crippen LogP contribution is -2.38. The Bertz CT molecular complexity index is 1230. The molecule has 1 aliphatic rings. The van der Waals surface area contributed by atoms with Crippen molar-refractivity contribution < 1.29 is 9.13 Å². The van der Waals surface area contributed by atoms with Gasteiger partial charge in [-0.25, -0.2) is 9.37 Å². The van der Waals surface area contributed by atoms with Crippen LogP contribution < -0.4 is 4.90 Å². The van der Waals surface area contributed by atoms with Gasteiger partial charge in [-0.15, -0.1) is 0 Å². The lowest BCUT2D eigenvalue weighted by Gasteiger charge is -2.33. The molecule has 1 atom stereocenters. The molecule has 1 fully saturated rings. The molecule has 7 heteroatoms. The van der Waals surface area contributed by atoms with E-state index in [1.807, 2.05) is 43.7 Å². The molecule has 3 heterocycles. The van der Waals surface area contributed by atoms with E-state index < -0.39 is 0 Å². The van der Waals surface area contributed by atoms with Crippen molar-refractivity contribution in [3.05, 3.63) is 77.3 Å². The number of rotatable bonds is 3. The summed E-state index contributed by atoms with van der Waals surface area (Å²) < 4.78 is 22.5. The summed E-state index contributed by atoms with van der Waals surface area (Å²) >= 11 is 5.96. The minimum absolute atomic E-state index is 0.0866. The van der Waals surface area contributed by atoms with Gasteiger partial charge in [0.25, 0.3) is 0 Å². The van der Waals surface area contributed by atoms with Crippen LogP contribution in [0.25, 0.3) is 22.0 Å². The van der Waals surface area contributed by atoms with E-state index in [0.717, 1.165) is 22.2 Å². The topological polar surface area (TPSA) is 43.2 Å². The van der Waals surface area contributed by atoms with Crippen LogP contribution >= 0.6 is 11.6 Å². The fourth-order valence-electron chi connectivity index (χ4n) is 3.90. The monoisotopic (exact) mass is 422 g/mol. The van der Waals surface area contributed by atoms with Crippen LogP contribution in [0.4, 0.5) is 10.2 Å². The van der Waals surface area contributed by atoms with Gasteiger partial charge in [0.15, 0.2) is 0 Å². The number of benzene rings is 2. The number of fused-ring (bicyclic) bond motifs is 1. The number of aromatic nitrogens is 3.